The van der Waals surface area contributed by atoms with E-state index >= 15 is 0 Å². The van der Waals surface area contributed by atoms with Gasteiger partial charge in [0.05, 0.1) is 11.7 Å². The SMILES string of the molecule is CCC(CC)NC(CC)CCNc1nc2ccc(F)cc2cc1C(N)N. The molecule has 2 aromatic rings. The van der Waals surface area contributed by atoms with E-state index in [9.17, 15) is 4.39 Å². The summed E-state index contributed by atoms with van der Waals surface area (Å²) in [5.74, 6) is 0.381. The molecule has 0 aliphatic carbocycles. The minimum absolute atomic E-state index is 0.296. The van der Waals surface area contributed by atoms with E-state index in [4.69, 9.17) is 11.5 Å². The molecule has 6 N–H and O–H groups in total. The monoisotopic (exact) mass is 361 g/mol. The molecule has 0 saturated heterocycles. The third kappa shape index (κ3) is 5.37. The van der Waals surface area contributed by atoms with Crippen LogP contribution in [0.4, 0.5) is 10.2 Å². The van der Waals surface area contributed by atoms with Gasteiger partial charge in [-0.15, -0.1) is 0 Å². The third-order valence-electron chi connectivity index (χ3n) is 4.90. The lowest BCUT2D eigenvalue weighted by molar-refractivity contribution is 0.387. The molecule has 5 nitrogen and oxygen atoms in total. The van der Waals surface area contributed by atoms with Crippen molar-refractivity contribution in [2.75, 3.05) is 11.9 Å². The molecule has 1 unspecified atom stereocenters. The summed E-state index contributed by atoms with van der Waals surface area (Å²) < 4.78 is 13.5. The maximum absolute atomic E-state index is 13.5. The van der Waals surface area contributed by atoms with Gasteiger partial charge in [-0.25, -0.2) is 9.37 Å². The fourth-order valence-electron chi connectivity index (χ4n) is 3.19. The van der Waals surface area contributed by atoms with Crippen LogP contribution in [-0.4, -0.2) is 23.6 Å². The van der Waals surface area contributed by atoms with Gasteiger partial charge < -0.3 is 22.1 Å². The highest BCUT2D eigenvalue weighted by molar-refractivity contribution is 5.82. The van der Waals surface area contributed by atoms with Gasteiger partial charge in [-0.3, -0.25) is 0 Å². The molecule has 0 amide bonds. The van der Waals surface area contributed by atoms with Gasteiger partial charge in [-0.2, -0.15) is 0 Å². The van der Waals surface area contributed by atoms with Crippen LogP contribution < -0.4 is 22.1 Å². The van der Waals surface area contributed by atoms with Crippen LogP contribution in [0.15, 0.2) is 24.3 Å². The van der Waals surface area contributed by atoms with Gasteiger partial charge in [0.25, 0.3) is 0 Å². The highest BCUT2D eigenvalue weighted by Crippen LogP contribution is 2.24. The van der Waals surface area contributed by atoms with Crippen LogP contribution in [0, 0.1) is 5.82 Å². The molecule has 1 heterocycles. The average molecular weight is 362 g/mol. The Morgan fingerprint density at radius 1 is 1.04 bits per heavy atom. The highest BCUT2D eigenvalue weighted by atomic mass is 19.1. The first kappa shape index (κ1) is 20.6. The highest BCUT2D eigenvalue weighted by Gasteiger charge is 2.14. The lowest BCUT2D eigenvalue weighted by atomic mass is 10.1. The predicted octanol–water partition coefficient (Wildman–Crippen LogP) is 3.65. The number of halogens is 1. The zero-order valence-corrected chi connectivity index (χ0v) is 16.1. The zero-order chi connectivity index (χ0) is 19.1. The molecule has 1 atom stereocenters. The first-order chi connectivity index (χ1) is 12.5. The molecule has 0 radical (unpaired) electrons. The van der Waals surface area contributed by atoms with Crippen LogP contribution in [-0.2, 0) is 0 Å². The number of anilines is 1. The normalized spacial score (nSPS) is 12.9. The Labute approximate surface area is 155 Å². The molecule has 1 aromatic carbocycles. The summed E-state index contributed by atoms with van der Waals surface area (Å²) in [5, 5.41) is 7.78. The number of nitrogens with two attached hydrogens (primary N) is 2. The second-order valence-electron chi connectivity index (χ2n) is 6.79. The summed E-state index contributed by atoms with van der Waals surface area (Å²) in [6.07, 6.45) is 3.66. The maximum Gasteiger partial charge on any atom is 0.132 e. The number of pyridine rings is 1. The van der Waals surface area contributed by atoms with Crippen molar-refractivity contribution in [1.29, 1.82) is 0 Å². The van der Waals surface area contributed by atoms with E-state index in [1.807, 2.05) is 6.07 Å². The summed E-state index contributed by atoms with van der Waals surface area (Å²) >= 11 is 0. The van der Waals surface area contributed by atoms with Crippen LogP contribution in [0.2, 0.25) is 0 Å². The van der Waals surface area contributed by atoms with E-state index < -0.39 is 6.17 Å². The van der Waals surface area contributed by atoms with Gasteiger partial charge in [0.2, 0.25) is 0 Å². The summed E-state index contributed by atoms with van der Waals surface area (Å²) in [6.45, 7) is 7.39. The first-order valence-corrected chi connectivity index (χ1v) is 9.59. The molecule has 0 saturated carbocycles. The van der Waals surface area contributed by atoms with E-state index in [2.05, 4.69) is 36.4 Å². The third-order valence-corrected chi connectivity index (χ3v) is 4.90. The Balaban J connectivity index is 2.09. The molecule has 144 valence electrons. The number of fused-ring (bicyclic) bond motifs is 1. The van der Waals surface area contributed by atoms with Crippen LogP contribution in [0.3, 0.4) is 0 Å². The molecular formula is C20H32FN5. The van der Waals surface area contributed by atoms with Crippen molar-refractivity contribution in [1.82, 2.24) is 10.3 Å². The van der Waals surface area contributed by atoms with E-state index in [0.29, 0.717) is 28.9 Å². The summed E-state index contributed by atoms with van der Waals surface area (Å²) in [5.41, 5.74) is 13.2. The first-order valence-electron chi connectivity index (χ1n) is 9.59. The Hall–Kier alpha value is -1.76. The predicted molar refractivity (Wildman–Crippen MR) is 108 cm³/mol. The number of nitrogens with zero attached hydrogens (tertiary/aromatic N) is 1. The molecule has 26 heavy (non-hydrogen) atoms. The van der Waals surface area contributed by atoms with Gasteiger partial charge >= 0.3 is 0 Å². The summed E-state index contributed by atoms with van der Waals surface area (Å²) in [6, 6.07) is 7.36. The molecule has 6 heteroatoms. The van der Waals surface area contributed by atoms with Gasteiger partial charge in [0, 0.05) is 29.6 Å². The summed E-state index contributed by atoms with van der Waals surface area (Å²) in [4.78, 5) is 4.60. The number of hydrogen-bond acceptors (Lipinski definition) is 5. The van der Waals surface area contributed by atoms with E-state index in [1.165, 1.54) is 12.1 Å². The largest absolute Gasteiger partial charge is 0.370 e. The van der Waals surface area contributed by atoms with E-state index in [0.717, 1.165) is 37.7 Å². The number of hydrogen-bond donors (Lipinski definition) is 4. The number of nitrogens with one attached hydrogen (secondary N) is 2. The minimum atomic E-state index is -0.665. The van der Waals surface area contributed by atoms with Crippen LogP contribution in [0.25, 0.3) is 10.9 Å². The smallest absolute Gasteiger partial charge is 0.132 e. The Morgan fingerprint density at radius 2 is 1.73 bits per heavy atom. The second kappa shape index (κ2) is 9.80. The fraction of sp³-hybridized carbons (Fsp3) is 0.550. The van der Waals surface area contributed by atoms with Crippen molar-refractivity contribution in [2.24, 2.45) is 11.5 Å². The van der Waals surface area contributed by atoms with Gasteiger partial charge in [-0.05, 0) is 49.9 Å². The number of rotatable bonds is 10. The lowest BCUT2D eigenvalue weighted by Crippen LogP contribution is -2.38. The average Bonchev–Trinajstić information content (AvgIpc) is 2.63. The van der Waals surface area contributed by atoms with Crippen molar-refractivity contribution in [3.63, 3.8) is 0 Å². The van der Waals surface area contributed by atoms with Gasteiger partial charge in [-0.1, -0.05) is 20.8 Å². The molecule has 0 fully saturated rings. The van der Waals surface area contributed by atoms with Crippen molar-refractivity contribution in [3.8, 4) is 0 Å². The van der Waals surface area contributed by atoms with Crippen LogP contribution in [0.1, 0.15) is 58.2 Å². The number of aromatic nitrogens is 1. The van der Waals surface area contributed by atoms with Crippen molar-refractivity contribution >= 4 is 16.7 Å². The Kier molecular flexibility index (Phi) is 7.75. The number of benzene rings is 1. The van der Waals surface area contributed by atoms with Crippen molar-refractivity contribution in [2.45, 2.75) is 64.7 Å². The van der Waals surface area contributed by atoms with Crippen LogP contribution >= 0.6 is 0 Å². The maximum atomic E-state index is 13.5. The molecule has 0 spiro atoms. The fourth-order valence-corrected chi connectivity index (χ4v) is 3.19. The molecule has 1 aromatic heterocycles. The zero-order valence-electron chi connectivity index (χ0n) is 16.1. The lowest BCUT2D eigenvalue weighted by Gasteiger charge is -2.24. The van der Waals surface area contributed by atoms with E-state index in [-0.39, 0.29) is 5.82 Å². The van der Waals surface area contributed by atoms with E-state index in [1.54, 1.807) is 6.07 Å². The van der Waals surface area contributed by atoms with Crippen molar-refractivity contribution < 1.29 is 4.39 Å². The minimum Gasteiger partial charge on any atom is -0.370 e. The van der Waals surface area contributed by atoms with Gasteiger partial charge in [0.1, 0.15) is 11.6 Å². The molecule has 2 rings (SSSR count). The van der Waals surface area contributed by atoms with Crippen molar-refractivity contribution in [3.05, 3.63) is 35.6 Å². The topological polar surface area (TPSA) is 89.0 Å². The summed E-state index contributed by atoms with van der Waals surface area (Å²) in [7, 11) is 0. The molecular weight excluding hydrogens is 329 g/mol. The van der Waals surface area contributed by atoms with Gasteiger partial charge in [0.15, 0.2) is 0 Å². The van der Waals surface area contributed by atoms with Crippen LogP contribution in [0.5, 0.6) is 0 Å². The second-order valence-corrected chi connectivity index (χ2v) is 6.79. The Morgan fingerprint density at radius 3 is 2.35 bits per heavy atom. The molecule has 0 bridgehead atoms. The molecule has 0 aliphatic heterocycles. The molecule has 0 aliphatic rings. The Bertz CT molecular complexity index is 700. The standard InChI is InChI=1S/C20H32FN5/c1-4-15(5-2)25-16(6-3)9-10-24-20-17(19(22)23)12-13-11-14(21)7-8-18(13)26-20/h7-8,11-12,15-16,19,25H,4-6,9-10,22-23H2,1-3H3,(H,24,26). The quantitative estimate of drug-likeness (QED) is 0.485.